The molecule has 0 aliphatic carbocycles. The second-order valence-corrected chi connectivity index (χ2v) is 2.31. The molecule has 1 aromatic carbocycles. The van der Waals surface area contributed by atoms with Crippen molar-refractivity contribution in [2.24, 2.45) is 0 Å². The van der Waals surface area contributed by atoms with Gasteiger partial charge in [-0.1, -0.05) is 12.7 Å². The van der Waals surface area contributed by atoms with Crippen molar-refractivity contribution in [1.29, 1.82) is 0 Å². The molecule has 12 heavy (non-hydrogen) atoms. The van der Waals surface area contributed by atoms with Crippen LogP contribution in [0.15, 0.2) is 18.2 Å². The first-order valence-electron chi connectivity index (χ1n) is 3.58. The highest BCUT2D eigenvalue weighted by atomic mass is 16.5. The van der Waals surface area contributed by atoms with Gasteiger partial charge in [-0.25, -0.2) is 0 Å². The Labute approximate surface area is 72.4 Å². The number of hydrogen-bond donors (Lipinski definition) is 0. The maximum Gasteiger partial charge on any atom is 0.123 e. The van der Waals surface area contributed by atoms with Crippen molar-refractivity contribution < 1.29 is 9.47 Å². The molecule has 0 atom stereocenters. The van der Waals surface area contributed by atoms with E-state index in [0.29, 0.717) is 0 Å². The van der Waals surface area contributed by atoms with Crippen molar-refractivity contribution in [1.82, 2.24) is 0 Å². The maximum absolute atomic E-state index is 5.36. The summed E-state index contributed by atoms with van der Waals surface area (Å²) in [4.78, 5) is 0. The van der Waals surface area contributed by atoms with E-state index in [1.807, 2.05) is 12.1 Å². The number of methoxy groups -OCH3 is 2. The Kier molecular flexibility index (Phi) is 2.75. The Bertz CT molecular complexity index is 257. The van der Waals surface area contributed by atoms with Crippen LogP contribution in [0.4, 0.5) is 0 Å². The zero-order valence-corrected chi connectivity index (χ0v) is 7.20. The minimum atomic E-state index is 0.742. The van der Waals surface area contributed by atoms with E-state index in [4.69, 9.17) is 16.1 Å². The van der Waals surface area contributed by atoms with Gasteiger partial charge in [-0.05, 0) is 17.7 Å². The molecule has 2 heteroatoms. The Morgan fingerprint density at radius 1 is 1.08 bits per heavy atom. The van der Waals surface area contributed by atoms with E-state index in [1.165, 1.54) is 6.08 Å². The molecule has 0 unspecified atom stereocenters. The Balaban J connectivity index is 3.09. The molecule has 0 heterocycles. The quantitative estimate of drug-likeness (QED) is 0.679. The van der Waals surface area contributed by atoms with Crippen molar-refractivity contribution in [3.63, 3.8) is 0 Å². The number of rotatable bonds is 3. The standard InChI is InChI=1S/C10H11O2/c1-4-8-5-9(11-2)7-10(6-8)12-3/h1,4-7H,2-3H3. The third-order valence-electron chi connectivity index (χ3n) is 1.57. The molecule has 0 aliphatic heterocycles. The van der Waals surface area contributed by atoms with E-state index < -0.39 is 0 Å². The first-order valence-corrected chi connectivity index (χ1v) is 3.58. The Morgan fingerprint density at radius 2 is 1.58 bits per heavy atom. The lowest BCUT2D eigenvalue weighted by atomic mass is 10.2. The molecule has 0 saturated carbocycles. The molecule has 2 nitrogen and oxygen atoms in total. The predicted molar refractivity (Wildman–Crippen MR) is 48.3 cm³/mol. The van der Waals surface area contributed by atoms with Gasteiger partial charge in [0, 0.05) is 6.07 Å². The van der Waals surface area contributed by atoms with Crippen LogP contribution < -0.4 is 9.47 Å². The monoisotopic (exact) mass is 163 g/mol. The molecule has 0 amide bonds. The molecule has 0 fully saturated rings. The van der Waals surface area contributed by atoms with Gasteiger partial charge in [0.1, 0.15) is 11.5 Å². The van der Waals surface area contributed by atoms with Crippen molar-refractivity contribution in [2.75, 3.05) is 14.2 Å². The Hall–Kier alpha value is -1.44. The molecule has 1 aromatic rings. The first-order chi connectivity index (χ1) is 5.80. The summed E-state index contributed by atoms with van der Waals surface area (Å²) in [7, 11) is 3.21. The molecule has 1 radical (unpaired) electrons. The Morgan fingerprint density at radius 3 is 1.92 bits per heavy atom. The molecule has 0 saturated heterocycles. The zero-order chi connectivity index (χ0) is 8.97. The van der Waals surface area contributed by atoms with Gasteiger partial charge in [-0.15, -0.1) is 0 Å². The zero-order valence-electron chi connectivity index (χ0n) is 7.20. The average molecular weight is 163 g/mol. The van der Waals surface area contributed by atoms with Crippen LogP contribution in [0, 0.1) is 6.58 Å². The maximum atomic E-state index is 5.36. The number of ether oxygens (including phenoxy) is 2. The smallest absolute Gasteiger partial charge is 0.123 e. The first kappa shape index (κ1) is 8.65. The van der Waals surface area contributed by atoms with Gasteiger partial charge in [0.25, 0.3) is 0 Å². The number of hydrogen-bond acceptors (Lipinski definition) is 2. The van der Waals surface area contributed by atoms with E-state index >= 15 is 0 Å². The lowest BCUT2D eigenvalue weighted by Gasteiger charge is -2.04. The summed E-state index contributed by atoms with van der Waals surface area (Å²) in [6.07, 6.45) is 1.50. The third kappa shape index (κ3) is 1.78. The normalized spacial score (nSPS) is 9.17. The van der Waals surface area contributed by atoms with Crippen molar-refractivity contribution >= 4 is 6.08 Å². The van der Waals surface area contributed by atoms with Crippen molar-refractivity contribution in [3.8, 4) is 11.5 Å². The fourth-order valence-corrected chi connectivity index (χ4v) is 0.926. The third-order valence-corrected chi connectivity index (χ3v) is 1.57. The molecule has 0 aromatic heterocycles. The average Bonchev–Trinajstić information content (AvgIpc) is 2.16. The summed E-state index contributed by atoms with van der Waals surface area (Å²) in [6, 6.07) is 5.47. The highest BCUT2D eigenvalue weighted by Gasteiger charge is 1.97. The van der Waals surface area contributed by atoms with E-state index in [-0.39, 0.29) is 0 Å². The largest absolute Gasteiger partial charge is 0.497 e. The van der Waals surface area contributed by atoms with E-state index in [2.05, 4.69) is 0 Å². The summed E-state index contributed by atoms with van der Waals surface area (Å²) in [5, 5.41) is 0. The van der Waals surface area contributed by atoms with Crippen molar-refractivity contribution in [2.45, 2.75) is 0 Å². The van der Waals surface area contributed by atoms with Crippen LogP contribution in [0.3, 0.4) is 0 Å². The number of benzene rings is 1. The lowest BCUT2D eigenvalue weighted by molar-refractivity contribution is 0.394. The molecule has 63 valence electrons. The van der Waals surface area contributed by atoms with Crippen LogP contribution in [-0.2, 0) is 0 Å². The van der Waals surface area contributed by atoms with E-state index in [0.717, 1.165) is 17.1 Å². The molecule has 1 rings (SSSR count). The second kappa shape index (κ2) is 3.81. The SMILES string of the molecule is [CH]=Cc1cc(OC)cc(OC)c1. The minimum absolute atomic E-state index is 0.742. The van der Waals surface area contributed by atoms with Crippen molar-refractivity contribution in [3.05, 3.63) is 30.3 Å². The van der Waals surface area contributed by atoms with Gasteiger partial charge in [-0.3, -0.25) is 0 Å². The minimum Gasteiger partial charge on any atom is -0.497 e. The lowest BCUT2D eigenvalue weighted by Crippen LogP contribution is -1.87. The highest BCUT2D eigenvalue weighted by molar-refractivity contribution is 5.52. The van der Waals surface area contributed by atoms with Gasteiger partial charge in [0.05, 0.1) is 14.2 Å². The second-order valence-electron chi connectivity index (χ2n) is 2.31. The fraction of sp³-hybridized carbons (Fsp3) is 0.200. The summed E-state index contributed by atoms with van der Waals surface area (Å²) >= 11 is 0. The van der Waals surface area contributed by atoms with Crippen LogP contribution in [0.2, 0.25) is 0 Å². The summed E-state index contributed by atoms with van der Waals surface area (Å²) in [6.45, 7) is 5.36. The predicted octanol–water partition coefficient (Wildman–Crippen LogP) is 2.15. The molecule has 0 aliphatic rings. The van der Waals surface area contributed by atoms with E-state index in [1.54, 1.807) is 20.3 Å². The van der Waals surface area contributed by atoms with E-state index in [9.17, 15) is 0 Å². The van der Waals surface area contributed by atoms with Gasteiger partial charge >= 0.3 is 0 Å². The van der Waals surface area contributed by atoms with Crippen LogP contribution in [0.1, 0.15) is 5.56 Å². The molecule has 0 bridgehead atoms. The fourth-order valence-electron chi connectivity index (χ4n) is 0.926. The van der Waals surface area contributed by atoms with Gasteiger partial charge in [0.15, 0.2) is 0 Å². The van der Waals surface area contributed by atoms with Crippen LogP contribution in [-0.4, -0.2) is 14.2 Å². The molecular formula is C10H11O2. The molecule has 0 N–H and O–H groups in total. The van der Waals surface area contributed by atoms with Crippen LogP contribution in [0.25, 0.3) is 6.08 Å². The highest BCUT2D eigenvalue weighted by Crippen LogP contribution is 2.22. The van der Waals surface area contributed by atoms with Gasteiger partial charge < -0.3 is 9.47 Å². The summed E-state index contributed by atoms with van der Waals surface area (Å²) < 4.78 is 10.1. The molecule has 0 spiro atoms. The van der Waals surface area contributed by atoms with Gasteiger partial charge in [0.2, 0.25) is 0 Å². The van der Waals surface area contributed by atoms with Crippen LogP contribution in [0.5, 0.6) is 11.5 Å². The topological polar surface area (TPSA) is 18.5 Å². The summed E-state index contributed by atoms with van der Waals surface area (Å²) in [5.41, 5.74) is 0.881. The van der Waals surface area contributed by atoms with Crippen LogP contribution >= 0.6 is 0 Å². The molecular weight excluding hydrogens is 152 g/mol. The van der Waals surface area contributed by atoms with Gasteiger partial charge in [-0.2, -0.15) is 0 Å². The summed E-state index contributed by atoms with van der Waals surface area (Å²) in [5.74, 6) is 1.48.